The van der Waals surface area contributed by atoms with Crippen molar-refractivity contribution < 1.29 is 0 Å². The number of aryl methyl sites for hydroxylation is 1. The van der Waals surface area contributed by atoms with E-state index in [0.29, 0.717) is 13.1 Å². The van der Waals surface area contributed by atoms with Crippen molar-refractivity contribution in [1.29, 1.82) is 0 Å². The number of nitrogens with two attached hydrogens (primary N) is 1. The van der Waals surface area contributed by atoms with Crippen molar-refractivity contribution in [1.82, 2.24) is 24.8 Å². The molecule has 0 unspecified atom stereocenters. The Morgan fingerprint density at radius 3 is 2.80 bits per heavy atom. The predicted molar refractivity (Wildman–Crippen MR) is 55.0 cm³/mol. The van der Waals surface area contributed by atoms with Gasteiger partial charge in [0.25, 0.3) is 0 Å². The van der Waals surface area contributed by atoms with E-state index >= 15 is 0 Å². The van der Waals surface area contributed by atoms with Crippen LogP contribution in [-0.2, 0) is 20.1 Å². The molecule has 2 N–H and O–H groups in total. The Hall–Kier alpha value is -1.69. The Morgan fingerprint density at radius 2 is 2.27 bits per heavy atom. The average Bonchev–Trinajstić information content (AvgIpc) is 2.76. The summed E-state index contributed by atoms with van der Waals surface area (Å²) in [5, 5.41) is 12.1. The first-order chi connectivity index (χ1) is 7.20. The molecule has 0 radical (unpaired) electrons. The monoisotopic (exact) mass is 206 g/mol. The summed E-state index contributed by atoms with van der Waals surface area (Å²) in [6.45, 7) is 3.09. The van der Waals surface area contributed by atoms with Gasteiger partial charge in [0.05, 0.1) is 24.1 Å². The lowest BCUT2D eigenvalue weighted by Crippen LogP contribution is -2.05. The molecule has 0 aliphatic heterocycles. The molecule has 80 valence electrons. The van der Waals surface area contributed by atoms with Crippen LogP contribution in [0.2, 0.25) is 0 Å². The molecule has 0 saturated carbocycles. The number of aromatic nitrogens is 5. The highest BCUT2D eigenvalue weighted by Gasteiger charge is 2.07. The highest BCUT2D eigenvalue weighted by atomic mass is 15.4. The van der Waals surface area contributed by atoms with Gasteiger partial charge in [-0.2, -0.15) is 5.10 Å². The SMILES string of the molecule is Cc1c(CN)nnn1Cc1cnn(C)c1. The van der Waals surface area contributed by atoms with Gasteiger partial charge < -0.3 is 5.73 Å². The molecule has 2 aromatic heterocycles. The molecular weight excluding hydrogens is 192 g/mol. The standard InChI is InChI=1S/C9H14N6/c1-7-9(3-10)12-13-15(7)6-8-4-11-14(2)5-8/h4-5H,3,6,10H2,1-2H3. The lowest BCUT2D eigenvalue weighted by atomic mass is 10.3. The molecule has 0 aliphatic carbocycles. The first-order valence-electron chi connectivity index (χ1n) is 4.77. The quantitative estimate of drug-likeness (QED) is 0.756. The summed E-state index contributed by atoms with van der Waals surface area (Å²) >= 11 is 0. The predicted octanol–water partition coefficient (Wildman–Crippen LogP) is -0.173. The molecule has 0 aliphatic rings. The Morgan fingerprint density at radius 1 is 1.47 bits per heavy atom. The third-order valence-corrected chi connectivity index (χ3v) is 2.36. The van der Waals surface area contributed by atoms with Crippen LogP contribution < -0.4 is 5.73 Å². The molecule has 6 heteroatoms. The topological polar surface area (TPSA) is 74.6 Å². The van der Waals surface area contributed by atoms with Gasteiger partial charge >= 0.3 is 0 Å². The van der Waals surface area contributed by atoms with Crippen LogP contribution in [-0.4, -0.2) is 24.8 Å². The van der Waals surface area contributed by atoms with E-state index in [-0.39, 0.29) is 0 Å². The maximum absolute atomic E-state index is 5.53. The van der Waals surface area contributed by atoms with Crippen LogP contribution in [0.4, 0.5) is 0 Å². The van der Waals surface area contributed by atoms with Crippen molar-refractivity contribution in [2.45, 2.75) is 20.0 Å². The Balaban J connectivity index is 2.21. The molecule has 0 atom stereocenters. The van der Waals surface area contributed by atoms with E-state index in [4.69, 9.17) is 5.73 Å². The van der Waals surface area contributed by atoms with Gasteiger partial charge in [-0.15, -0.1) is 5.10 Å². The van der Waals surface area contributed by atoms with Crippen LogP contribution in [0.5, 0.6) is 0 Å². The van der Waals surface area contributed by atoms with Crippen LogP contribution in [0.1, 0.15) is 17.0 Å². The molecule has 2 heterocycles. The minimum atomic E-state index is 0.429. The summed E-state index contributed by atoms with van der Waals surface area (Å²) in [7, 11) is 1.89. The molecule has 2 rings (SSSR count). The second-order valence-electron chi connectivity index (χ2n) is 3.51. The van der Waals surface area contributed by atoms with E-state index in [1.54, 1.807) is 4.68 Å². The van der Waals surface area contributed by atoms with Crippen LogP contribution in [0.3, 0.4) is 0 Å². The molecule has 0 amide bonds. The molecule has 0 fully saturated rings. The van der Waals surface area contributed by atoms with E-state index in [1.807, 2.05) is 31.0 Å². The number of rotatable bonds is 3. The summed E-state index contributed by atoms with van der Waals surface area (Å²) < 4.78 is 3.60. The van der Waals surface area contributed by atoms with Crippen molar-refractivity contribution in [3.05, 3.63) is 29.3 Å². The molecule has 15 heavy (non-hydrogen) atoms. The van der Waals surface area contributed by atoms with Gasteiger partial charge in [-0.05, 0) is 6.92 Å². The van der Waals surface area contributed by atoms with E-state index < -0.39 is 0 Å². The Kier molecular flexibility index (Phi) is 2.51. The third-order valence-electron chi connectivity index (χ3n) is 2.36. The molecule has 0 bridgehead atoms. The minimum Gasteiger partial charge on any atom is -0.325 e. The summed E-state index contributed by atoms with van der Waals surface area (Å²) in [6.07, 6.45) is 3.78. The summed E-state index contributed by atoms with van der Waals surface area (Å²) in [5.41, 5.74) is 8.50. The molecule has 0 spiro atoms. The fraction of sp³-hybridized carbons (Fsp3) is 0.444. The first kappa shape index (κ1) is 9.85. The molecule has 0 aromatic carbocycles. The van der Waals surface area contributed by atoms with Gasteiger partial charge in [0.15, 0.2) is 0 Å². The molecule has 2 aromatic rings. The number of hydrogen-bond acceptors (Lipinski definition) is 4. The summed E-state index contributed by atoms with van der Waals surface area (Å²) in [6, 6.07) is 0. The van der Waals surface area contributed by atoms with Crippen LogP contribution in [0.15, 0.2) is 12.4 Å². The zero-order chi connectivity index (χ0) is 10.8. The van der Waals surface area contributed by atoms with Crippen molar-refractivity contribution in [2.75, 3.05) is 0 Å². The fourth-order valence-electron chi connectivity index (χ4n) is 1.46. The maximum atomic E-state index is 5.53. The van der Waals surface area contributed by atoms with Crippen molar-refractivity contribution in [3.63, 3.8) is 0 Å². The van der Waals surface area contributed by atoms with Gasteiger partial charge in [0, 0.05) is 25.4 Å². The lowest BCUT2D eigenvalue weighted by molar-refractivity contribution is 0.632. The number of nitrogens with zero attached hydrogens (tertiary/aromatic N) is 5. The normalized spacial score (nSPS) is 10.9. The van der Waals surface area contributed by atoms with Crippen LogP contribution in [0.25, 0.3) is 0 Å². The van der Waals surface area contributed by atoms with Crippen molar-refractivity contribution in [3.8, 4) is 0 Å². The van der Waals surface area contributed by atoms with Gasteiger partial charge in [0.1, 0.15) is 0 Å². The Bertz CT molecular complexity index is 455. The van der Waals surface area contributed by atoms with Gasteiger partial charge in [-0.1, -0.05) is 5.21 Å². The highest BCUT2D eigenvalue weighted by molar-refractivity contribution is 5.11. The largest absolute Gasteiger partial charge is 0.325 e. The summed E-state index contributed by atoms with van der Waals surface area (Å²) in [5.74, 6) is 0. The zero-order valence-electron chi connectivity index (χ0n) is 8.88. The van der Waals surface area contributed by atoms with Crippen LogP contribution >= 0.6 is 0 Å². The highest BCUT2D eigenvalue weighted by Crippen LogP contribution is 2.06. The first-order valence-corrected chi connectivity index (χ1v) is 4.77. The number of hydrogen-bond donors (Lipinski definition) is 1. The Labute approximate surface area is 87.7 Å². The van der Waals surface area contributed by atoms with E-state index in [0.717, 1.165) is 17.0 Å². The van der Waals surface area contributed by atoms with Crippen LogP contribution in [0, 0.1) is 6.92 Å². The minimum absolute atomic E-state index is 0.429. The molecule has 0 saturated heterocycles. The summed E-state index contributed by atoms with van der Waals surface area (Å²) in [4.78, 5) is 0. The molecular formula is C9H14N6. The van der Waals surface area contributed by atoms with Gasteiger partial charge in [-0.25, -0.2) is 4.68 Å². The van der Waals surface area contributed by atoms with E-state index in [9.17, 15) is 0 Å². The second kappa shape index (κ2) is 3.82. The van der Waals surface area contributed by atoms with Crippen molar-refractivity contribution in [2.24, 2.45) is 12.8 Å². The third kappa shape index (κ3) is 1.89. The van der Waals surface area contributed by atoms with Crippen molar-refractivity contribution >= 4 is 0 Å². The van der Waals surface area contributed by atoms with E-state index in [1.165, 1.54) is 0 Å². The zero-order valence-corrected chi connectivity index (χ0v) is 8.88. The van der Waals surface area contributed by atoms with E-state index in [2.05, 4.69) is 15.4 Å². The van der Waals surface area contributed by atoms with Gasteiger partial charge in [0.2, 0.25) is 0 Å². The maximum Gasteiger partial charge on any atom is 0.0991 e. The van der Waals surface area contributed by atoms with Gasteiger partial charge in [-0.3, -0.25) is 4.68 Å². The molecule has 6 nitrogen and oxygen atoms in total. The lowest BCUT2D eigenvalue weighted by Gasteiger charge is -2.00. The fourth-order valence-corrected chi connectivity index (χ4v) is 1.46. The average molecular weight is 206 g/mol. The smallest absolute Gasteiger partial charge is 0.0991 e. The second-order valence-corrected chi connectivity index (χ2v) is 3.51.